The van der Waals surface area contributed by atoms with E-state index in [2.05, 4.69) is 67.8 Å². The molecule has 2 aromatic rings. The van der Waals surface area contributed by atoms with Gasteiger partial charge < -0.3 is 0 Å². The van der Waals surface area contributed by atoms with Crippen LogP contribution in [0.1, 0.15) is 11.1 Å². The molecule has 0 unspecified atom stereocenters. The Morgan fingerprint density at radius 2 is 0.652 bits per heavy atom. The molecule has 2 radical (unpaired) electrons. The van der Waals surface area contributed by atoms with E-state index in [-0.39, 0.29) is 26.2 Å². The zero-order valence-corrected chi connectivity index (χ0v) is 24.4. The van der Waals surface area contributed by atoms with Crippen LogP contribution in [0.4, 0.5) is 0 Å². The second kappa shape index (κ2) is 21.0. The van der Waals surface area contributed by atoms with Crippen LogP contribution in [-0.2, 0) is 26.2 Å². The summed E-state index contributed by atoms with van der Waals surface area (Å²) in [5.74, 6) is 0. The van der Waals surface area contributed by atoms with Gasteiger partial charge in [-0.05, 0) is 13.8 Å². The molecule has 0 saturated heterocycles. The summed E-state index contributed by atoms with van der Waals surface area (Å²) in [5.41, 5.74) is 2.64. The SMILES string of the molecule is Cc1ccccc1.Cc1ccccc1.[CH3][Sn]([CH3])[CH3].[CH3][Sn]([CH3])[CH3].[Zr]. The molecule has 0 fully saturated rings. The van der Waals surface area contributed by atoms with Crippen LogP contribution in [0, 0.1) is 13.8 Å². The average Bonchev–Trinajstić information content (AvgIpc) is 2.40. The van der Waals surface area contributed by atoms with Gasteiger partial charge in [-0.25, -0.2) is 0 Å². The van der Waals surface area contributed by atoms with E-state index in [1.807, 2.05) is 36.4 Å². The Morgan fingerprint density at radius 3 is 0.739 bits per heavy atom. The van der Waals surface area contributed by atoms with Gasteiger partial charge in [0.2, 0.25) is 0 Å². The van der Waals surface area contributed by atoms with Crippen molar-refractivity contribution in [3.8, 4) is 0 Å². The Hall–Kier alpha value is 0.921. The zero-order valence-electron chi connectivity index (χ0n) is 16.3. The normalized spacial score (nSPS) is 8.43. The number of hydrogen-bond donors (Lipinski definition) is 0. The van der Waals surface area contributed by atoms with Gasteiger partial charge in [0.15, 0.2) is 0 Å². The Bertz CT molecular complexity index is 379. The van der Waals surface area contributed by atoms with Gasteiger partial charge in [-0.2, -0.15) is 0 Å². The van der Waals surface area contributed by atoms with E-state index < -0.39 is 39.5 Å². The van der Waals surface area contributed by atoms with Crippen molar-refractivity contribution in [3.63, 3.8) is 0 Å². The number of rotatable bonds is 0. The molecule has 23 heavy (non-hydrogen) atoms. The molecule has 3 heteroatoms. The summed E-state index contributed by atoms with van der Waals surface area (Å²) in [6.45, 7) is 4.17. The first-order valence-electron chi connectivity index (χ1n) is 7.82. The summed E-state index contributed by atoms with van der Waals surface area (Å²) in [6, 6.07) is 20.5. The second-order valence-electron chi connectivity index (χ2n) is 6.31. The van der Waals surface area contributed by atoms with Crippen LogP contribution >= 0.6 is 0 Å². The summed E-state index contributed by atoms with van der Waals surface area (Å²) in [5, 5.41) is 0. The molecule has 0 spiro atoms. The van der Waals surface area contributed by atoms with Crippen molar-refractivity contribution in [3.05, 3.63) is 71.8 Å². The maximum absolute atomic E-state index is 2.36. The van der Waals surface area contributed by atoms with Crippen molar-refractivity contribution in [1.29, 1.82) is 0 Å². The summed E-state index contributed by atoms with van der Waals surface area (Å²) >= 11 is -1.09. The predicted molar refractivity (Wildman–Crippen MR) is 109 cm³/mol. The van der Waals surface area contributed by atoms with Crippen LogP contribution < -0.4 is 0 Å². The van der Waals surface area contributed by atoms with E-state index in [4.69, 9.17) is 0 Å². The average molecular weight is 603 g/mol. The molecule has 0 N–H and O–H groups in total. The first kappa shape index (κ1) is 28.7. The van der Waals surface area contributed by atoms with Crippen LogP contribution in [0.2, 0.25) is 29.6 Å². The molecule has 0 aliphatic rings. The van der Waals surface area contributed by atoms with Crippen molar-refractivity contribution in [1.82, 2.24) is 0 Å². The third-order valence-electron chi connectivity index (χ3n) is 1.88. The Labute approximate surface area is 179 Å². The Kier molecular flexibility index (Phi) is 26.2. The molecule has 2 rings (SSSR count). The van der Waals surface area contributed by atoms with Crippen molar-refractivity contribution in [2.24, 2.45) is 0 Å². The molecule has 0 bridgehead atoms. The fourth-order valence-electron chi connectivity index (χ4n) is 1.07. The van der Waals surface area contributed by atoms with Gasteiger partial charge in [0, 0.05) is 26.2 Å². The third-order valence-corrected chi connectivity index (χ3v) is 1.88. The van der Waals surface area contributed by atoms with Crippen molar-refractivity contribution in [2.45, 2.75) is 43.5 Å². The predicted octanol–water partition coefficient (Wildman–Crippen LogP) is 6.73. The minimum Gasteiger partial charge on any atom is 0 e. The van der Waals surface area contributed by atoms with Gasteiger partial charge in [0.25, 0.3) is 0 Å². The third kappa shape index (κ3) is 35.0. The molecule has 0 amide bonds. The largest absolute Gasteiger partial charge is 0 e. The molecule has 0 saturated carbocycles. The summed E-state index contributed by atoms with van der Waals surface area (Å²) < 4.78 is 0. The molecule has 2 aromatic carbocycles. The molecule has 0 heterocycles. The summed E-state index contributed by atoms with van der Waals surface area (Å²) in [7, 11) is 0. The van der Waals surface area contributed by atoms with E-state index in [0.29, 0.717) is 0 Å². The quantitative estimate of drug-likeness (QED) is 0.294. The smallest absolute Gasteiger partial charge is 0 e. The van der Waals surface area contributed by atoms with Crippen molar-refractivity contribution < 1.29 is 26.2 Å². The monoisotopic (exact) mass is 604 g/mol. The van der Waals surface area contributed by atoms with Crippen LogP contribution in [0.3, 0.4) is 0 Å². The maximum atomic E-state index is 2.36. The molecular formula is C20H34Sn2Zr. The Balaban J connectivity index is -0.000000238. The van der Waals surface area contributed by atoms with Crippen molar-refractivity contribution >= 4 is 39.5 Å². The Morgan fingerprint density at radius 1 is 0.478 bits per heavy atom. The van der Waals surface area contributed by atoms with E-state index in [1.165, 1.54) is 11.1 Å². The van der Waals surface area contributed by atoms with E-state index in [9.17, 15) is 0 Å². The summed E-state index contributed by atoms with van der Waals surface area (Å²) in [6.07, 6.45) is 0. The van der Waals surface area contributed by atoms with Gasteiger partial charge >= 0.3 is 69.2 Å². The van der Waals surface area contributed by atoms with E-state index >= 15 is 0 Å². The molecule has 0 aliphatic heterocycles. The topological polar surface area (TPSA) is 0 Å². The molecule has 0 aromatic heterocycles. The molecule has 126 valence electrons. The second-order valence-corrected chi connectivity index (χ2v) is 23.4. The molecule has 0 nitrogen and oxygen atoms in total. The first-order chi connectivity index (χ1) is 10.3. The number of benzene rings is 2. The van der Waals surface area contributed by atoms with Gasteiger partial charge in [-0.3, -0.25) is 0 Å². The summed E-state index contributed by atoms with van der Waals surface area (Å²) in [4.78, 5) is 14.2. The van der Waals surface area contributed by atoms with Gasteiger partial charge in [0.1, 0.15) is 0 Å². The standard InChI is InChI=1S/2C7H8.6CH3.2Sn.Zr/c2*1-7-5-3-2-4-6-7;;;;;;;;;/h2*2-6H,1H3;6*1H3;;;. The van der Waals surface area contributed by atoms with E-state index in [1.54, 1.807) is 0 Å². The van der Waals surface area contributed by atoms with Crippen LogP contribution in [0.15, 0.2) is 60.7 Å². The minimum absolute atomic E-state index is 0. The molecule has 0 atom stereocenters. The van der Waals surface area contributed by atoms with Gasteiger partial charge in [0.05, 0.1) is 0 Å². The molecule has 0 aliphatic carbocycles. The number of hydrogen-bond acceptors (Lipinski definition) is 0. The maximum Gasteiger partial charge on any atom is 0 e. The minimum atomic E-state index is -0.543. The van der Waals surface area contributed by atoms with E-state index in [0.717, 1.165) is 0 Å². The van der Waals surface area contributed by atoms with Crippen LogP contribution in [-0.4, -0.2) is 39.5 Å². The zero-order chi connectivity index (χ0) is 17.4. The molecular weight excluding hydrogens is 569 g/mol. The fourth-order valence-corrected chi connectivity index (χ4v) is 1.07. The van der Waals surface area contributed by atoms with Gasteiger partial charge in [-0.15, -0.1) is 0 Å². The number of aryl methyl sites for hydroxylation is 2. The van der Waals surface area contributed by atoms with Crippen LogP contribution in [0.5, 0.6) is 0 Å². The van der Waals surface area contributed by atoms with Crippen molar-refractivity contribution in [2.75, 3.05) is 0 Å². The van der Waals surface area contributed by atoms with Crippen LogP contribution in [0.25, 0.3) is 0 Å². The fraction of sp³-hybridized carbons (Fsp3) is 0.400. The first-order valence-corrected chi connectivity index (χ1v) is 24.9. The van der Waals surface area contributed by atoms with Gasteiger partial charge in [-0.1, -0.05) is 71.8 Å².